The highest BCUT2D eigenvalue weighted by Gasteiger charge is 2.20. The molecule has 1 aromatic carbocycles. The second-order valence-electron chi connectivity index (χ2n) is 5.87. The number of likely N-dealkylation sites (tertiary alicyclic amines) is 1. The Labute approximate surface area is 127 Å². The average Bonchev–Trinajstić information content (AvgIpc) is 2.55. The highest BCUT2D eigenvalue weighted by atomic mass is 16.6. The summed E-state index contributed by atoms with van der Waals surface area (Å²) in [4.78, 5) is 2.58. The molecule has 21 heavy (non-hydrogen) atoms. The van der Waals surface area contributed by atoms with Gasteiger partial charge in [0.15, 0.2) is 11.5 Å². The maximum atomic E-state index is 5.72. The van der Waals surface area contributed by atoms with Crippen LogP contribution in [0.5, 0.6) is 11.5 Å². The van der Waals surface area contributed by atoms with Crippen molar-refractivity contribution in [3.8, 4) is 11.5 Å². The predicted octanol–water partition coefficient (Wildman–Crippen LogP) is 2.59. The molecule has 1 unspecified atom stereocenters. The average molecular weight is 290 g/mol. The fraction of sp³-hybridized carbons (Fsp3) is 0.647. The van der Waals surface area contributed by atoms with Gasteiger partial charge in [0.25, 0.3) is 0 Å². The molecule has 0 saturated carbocycles. The Morgan fingerprint density at radius 3 is 2.62 bits per heavy atom. The molecule has 1 saturated heterocycles. The number of nitrogens with zero attached hydrogens (tertiary/aromatic N) is 1. The molecular weight excluding hydrogens is 264 g/mol. The van der Waals surface area contributed by atoms with Crippen molar-refractivity contribution in [2.45, 2.75) is 32.2 Å². The van der Waals surface area contributed by atoms with Gasteiger partial charge in [-0.25, -0.2) is 0 Å². The predicted molar refractivity (Wildman–Crippen MR) is 84.1 cm³/mol. The van der Waals surface area contributed by atoms with Gasteiger partial charge in [-0.1, -0.05) is 19.4 Å². The number of piperidine rings is 1. The highest BCUT2D eigenvalue weighted by molar-refractivity contribution is 5.44. The quantitative estimate of drug-likeness (QED) is 0.904. The summed E-state index contributed by atoms with van der Waals surface area (Å²) in [5.74, 6) is 1.76. The van der Waals surface area contributed by atoms with E-state index < -0.39 is 0 Å². The highest BCUT2D eigenvalue weighted by Crippen LogP contribution is 2.33. The minimum Gasteiger partial charge on any atom is -0.486 e. The van der Waals surface area contributed by atoms with Gasteiger partial charge in [-0.2, -0.15) is 0 Å². The van der Waals surface area contributed by atoms with Crippen LogP contribution in [0.4, 0.5) is 0 Å². The summed E-state index contributed by atoms with van der Waals surface area (Å²) in [5.41, 5.74) is 1.30. The van der Waals surface area contributed by atoms with E-state index in [1.165, 1.54) is 37.9 Å². The smallest absolute Gasteiger partial charge is 0.161 e. The molecule has 2 aliphatic rings. The van der Waals surface area contributed by atoms with E-state index in [4.69, 9.17) is 9.47 Å². The van der Waals surface area contributed by atoms with Crippen LogP contribution in [0.2, 0.25) is 0 Å². The number of nitrogens with one attached hydrogen (secondary N) is 1. The van der Waals surface area contributed by atoms with Crippen LogP contribution >= 0.6 is 0 Å². The van der Waals surface area contributed by atoms with Crippen molar-refractivity contribution in [3.63, 3.8) is 0 Å². The summed E-state index contributed by atoms with van der Waals surface area (Å²) in [6.45, 7) is 7.98. The number of likely N-dealkylation sites (N-methyl/N-ethyl adjacent to an activating group) is 1. The van der Waals surface area contributed by atoms with Crippen LogP contribution in [0.25, 0.3) is 0 Å². The summed E-state index contributed by atoms with van der Waals surface area (Å²) in [5, 5.41) is 3.61. The van der Waals surface area contributed by atoms with Crippen LogP contribution in [0.15, 0.2) is 18.2 Å². The lowest BCUT2D eigenvalue weighted by molar-refractivity contribution is 0.170. The lowest BCUT2D eigenvalue weighted by Crippen LogP contribution is -2.38. The Bertz CT molecular complexity index is 458. The van der Waals surface area contributed by atoms with Gasteiger partial charge < -0.3 is 19.7 Å². The van der Waals surface area contributed by atoms with Gasteiger partial charge in [0.2, 0.25) is 0 Å². The van der Waals surface area contributed by atoms with Crippen LogP contribution in [0.3, 0.4) is 0 Å². The Balaban J connectivity index is 1.73. The van der Waals surface area contributed by atoms with E-state index in [0.29, 0.717) is 19.3 Å². The third-order valence-electron chi connectivity index (χ3n) is 4.31. The maximum absolute atomic E-state index is 5.72. The van der Waals surface area contributed by atoms with E-state index in [0.717, 1.165) is 24.6 Å². The van der Waals surface area contributed by atoms with Gasteiger partial charge in [0.1, 0.15) is 13.2 Å². The van der Waals surface area contributed by atoms with Crippen LogP contribution in [0.1, 0.15) is 37.8 Å². The zero-order valence-electron chi connectivity index (χ0n) is 12.9. The van der Waals surface area contributed by atoms with Gasteiger partial charge in [-0.3, -0.25) is 0 Å². The minimum absolute atomic E-state index is 0.365. The standard InChI is InChI=1S/C17H26N2O2/c1-2-18-15(13-19-8-4-3-5-9-19)14-6-7-16-17(12-14)21-11-10-20-16/h6-7,12,15,18H,2-5,8-11,13H2,1H3. The van der Waals surface area contributed by atoms with Crippen molar-refractivity contribution in [1.82, 2.24) is 10.2 Å². The third kappa shape index (κ3) is 3.69. The van der Waals surface area contributed by atoms with Gasteiger partial charge in [-0.15, -0.1) is 0 Å². The Hall–Kier alpha value is -1.26. The largest absolute Gasteiger partial charge is 0.486 e. The van der Waals surface area contributed by atoms with Crippen molar-refractivity contribution in [2.24, 2.45) is 0 Å². The minimum atomic E-state index is 0.365. The SMILES string of the molecule is CCNC(CN1CCCCC1)c1ccc2c(c1)OCCO2. The molecule has 1 N–H and O–H groups in total. The molecule has 3 rings (SSSR count). The van der Waals surface area contributed by atoms with Crippen LogP contribution in [-0.2, 0) is 0 Å². The fourth-order valence-electron chi connectivity index (χ4n) is 3.21. The van der Waals surface area contributed by atoms with E-state index in [2.05, 4.69) is 29.3 Å². The second kappa shape index (κ2) is 7.14. The lowest BCUT2D eigenvalue weighted by Gasteiger charge is -2.31. The number of rotatable bonds is 5. The van der Waals surface area contributed by atoms with Gasteiger partial charge in [0, 0.05) is 12.6 Å². The molecule has 1 aromatic rings. The molecule has 4 heteroatoms. The monoisotopic (exact) mass is 290 g/mol. The molecule has 4 nitrogen and oxygen atoms in total. The van der Waals surface area contributed by atoms with Gasteiger partial charge in [-0.05, 0) is 50.2 Å². The van der Waals surface area contributed by atoms with E-state index in [1.807, 2.05) is 6.07 Å². The maximum Gasteiger partial charge on any atom is 0.161 e. The van der Waals surface area contributed by atoms with Crippen molar-refractivity contribution >= 4 is 0 Å². The summed E-state index contributed by atoms with van der Waals surface area (Å²) in [7, 11) is 0. The van der Waals surface area contributed by atoms with Gasteiger partial charge in [0.05, 0.1) is 0 Å². The van der Waals surface area contributed by atoms with Gasteiger partial charge >= 0.3 is 0 Å². The lowest BCUT2D eigenvalue weighted by atomic mass is 10.0. The molecule has 2 heterocycles. The molecule has 1 atom stereocenters. The first kappa shape index (κ1) is 14.7. The molecule has 2 aliphatic heterocycles. The van der Waals surface area contributed by atoms with Crippen LogP contribution in [-0.4, -0.2) is 44.3 Å². The molecule has 116 valence electrons. The molecule has 1 fully saturated rings. The molecule has 0 spiro atoms. The Morgan fingerprint density at radius 1 is 1.10 bits per heavy atom. The van der Waals surface area contributed by atoms with Crippen molar-refractivity contribution < 1.29 is 9.47 Å². The van der Waals surface area contributed by atoms with E-state index in [9.17, 15) is 0 Å². The van der Waals surface area contributed by atoms with Crippen molar-refractivity contribution in [3.05, 3.63) is 23.8 Å². The Morgan fingerprint density at radius 2 is 1.86 bits per heavy atom. The first-order chi connectivity index (χ1) is 10.4. The molecule has 0 aliphatic carbocycles. The summed E-state index contributed by atoms with van der Waals surface area (Å²) in [6.07, 6.45) is 4.05. The fourth-order valence-corrected chi connectivity index (χ4v) is 3.21. The first-order valence-corrected chi connectivity index (χ1v) is 8.22. The summed E-state index contributed by atoms with van der Waals surface area (Å²) >= 11 is 0. The molecule has 0 bridgehead atoms. The topological polar surface area (TPSA) is 33.7 Å². The zero-order valence-corrected chi connectivity index (χ0v) is 12.9. The number of fused-ring (bicyclic) bond motifs is 1. The van der Waals surface area contributed by atoms with E-state index in [1.54, 1.807) is 0 Å². The first-order valence-electron chi connectivity index (χ1n) is 8.22. The number of ether oxygens (including phenoxy) is 2. The molecule has 0 radical (unpaired) electrons. The molecule has 0 amide bonds. The number of hydrogen-bond acceptors (Lipinski definition) is 4. The van der Waals surface area contributed by atoms with Crippen molar-refractivity contribution in [1.29, 1.82) is 0 Å². The number of benzene rings is 1. The number of hydrogen-bond donors (Lipinski definition) is 1. The molecular formula is C17H26N2O2. The Kier molecular flexibility index (Phi) is 4.99. The second-order valence-corrected chi connectivity index (χ2v) is 5.87. The zero-order chi connectivity index (χ0) is 14.5. The van der Waals surface area contributed by atoms with Crippen LogP contribution in [0, 0.1) is 0 Å². The van der Waals surface area contributed by atoms with Crippen molar-refractivity contribution in [2.75, 3.05) is 39.4 Å². The summed E-state index contributed by atoms with van der Waals surface area (Å²) in [6, 6.07) is 6.73. The summed E-state index contributed by atoms with van der Waals surface area (Å²) < 4.78 is 11.3. The van der Waals surface area contributed by atoms with E-state index in [-0.39, 0.29) is 0 Å². The van der Waals surface area contributed by atoms with E-state index >= 15 is 0 Å². The normalized spacial score (nSPS) is 20.2. The molecule has 0 aromatic heterocycles. The van der Waals surface area contributed by atoms with Crippen LogP contribution < -0.4 is 14.8 Å². The third-order valence-corrected chi connectivity index (χ3v) is 4.31.